The number of anilines is 1. The van der Waals surface area contributed by atoms with Crippen molar-refractivity contribution in [3.63, 3.8) is 0 Å². The summed E-state index contributed by atoms with van der Waals surface area (Å²) in [6, 6.07) is 21.3. The van der Waals surface area contributed by atoms with Crippen LogP contribution in [0.1, 0.15) is 30.1 Å². The highest BCUT2D eigenvalue weighted by molar-refractivity contribution is 5.79. The number of likely N-dealkylation sites (tertiary alicyclic amines) is 1. The van der Waals surface area contributed by atoms with E-state index in [4.69, 9.17) is 9.47 Å². The van der Waals surface area contributed by atoms with E-state index < -0.39 is 0 Å². The Balaban J connectivity index is 1.31. The molecule has 1 amide bonds. The molecule has 0 radical (unpaired) electrons. The van der Waals surface area contributed by atoms with Crippen molar-refractivity contribution in [3.8, 4) is 11.5 Å². The lowest BCUT2D eigenvalue weighted by molar-refractivity contribution is -0.127. The van der Waals surface area contributed by atoms with E-state index in [9.17, 15) is 4.79 Å². The van der Waals surface area contributed by atoms with Crippen molar-refractivity contribution in [1.82, 2.24) is 15.2 Å². The number of piperidine rings is 1. The van der Waals surface area contributed by atoms with Crippen LogP contribution < -0.4 is 19.7 Å². The monoisotopic (exact) mass is 488 g/mol. The van der Waals surface area contributed by atoms with Crippen molar-refractivity contribution in [2.75, 3.05) is 52.3 Å². The van der Waals surface area contributed by atoms with E-state index >= 15 is 0 Å². The molecule has 2 aromatic carbocycles. The molecule has 0 bridgehead atoms. The van der Waals surface area contributed by atoms with Crippen molar-refractivity contribution in [2.24, 2.45) is 5.92 Å². The van der Waals surface area contributed by atoms with Crippen LogP contribution in [0.15, 0.2) is 72.9 Å². The molecule has 1 aliphatic heterocycles. The molecule has 7 heteroatoms. The summed E-state index contributed by atoms with van der Waals surface area (Å²) in [6.07, 6.45) is 3.41. The van der Waals surface area contributed by atoms with Gasteiger partial charge in [-0.3, -0.25) is 14.7 Å². The third-order valence-corrected chi connectivity index (χ3v) is 6.67. The number of carbonyl (C=O) groups excluding carboxylic acids is 1. The molecule has 1 fully saturated rings. The van der Waals surface area contributed by atoms with E-state index in [-0.39, 0.29) is 17.9 Å². The van der Waals surface area contributed by atoms with Crippen molar-refractivity contribution in [3.05, 3.63) is 84.2 Å². The number of para-hydroxylation sites is 2. The number of nitrogens with zero attached hydrogens (tertiary/aromatic N) is 3. The quantitative estimate of drug-likeness (QED) is 0.462. The van der Waals surface area contributed by atoms with Crippen molar-refractivity contribution >= 4 is 11.6 Å². The van der Waals surface area contributed by atoms with Gasteiger partial charge in [0.15, 0.2) is 0 Å². The smallest absolute Gasteiger partial charge is 0.224 e. The molecular formula is C29H36N4O3. The fourth-order valence-corrected chi connectivity index (χ4v) is 4.61. The Labute approximate surface area is 214 Å². The first kappa shape index (κ1) is 25.5. The number of amides is 1. The maximum absolute atomic E-state index is 13.3. The molecule has 3 aromatic rings. The van der Waals surface area contributed by atoms with E-state index in [0.717, 1.165) is 60.9 Å². The second-order valence-corrected chi connectivity index (χ2v) is 9.30. The van der Waals surface area contributed by atoms with Crippen LogP contribution in [0.3, 0.4) is 0 Å². The number of pyridine rings is 1. The minimum atomic E-state index is -0.322. The number of hydrogen-bond donors (Lipinski definition) is 1. The molecule has 36 heavy (non-hydrogen) atoms. The van der Waals surface area contributed by atoms with Crippen LogP contribution >= 0.6 is 0 Å². The Morgan fingerprint density at radius 1 is 1.08 bits per heavy atom. The number of ether oxygens (including phenoxy) is 2. The predicted octanol–water partition coefficient (Wildman–Crippen LogP) is 4.15. The second kappa shape index (κ2) is 12.4. The van der Waals surface area contributed by atoms with Gasteiger partial charge in [-0.25, -0.2) is 0 Å². The number of nitrogens with one attached hydrogen (secondary N) is 1. The zero-order chi connectivity index (χ0) is 25.3. The number of methoxy groups -OCH3 is 1. The van der Waals surface area contributed by atoms with E-state index in [1.165, 1.54) is 0 Å². The summed E-state index contributed by atoms with van der Waals surface area (Å²) < 4.78 is 11.5. The van der Waals surface area contributed by atoms with Crippen LogP contribution in [-0.4, -0.2) is 63.2 Å². The van der Waals surface area contributed by atoms with Gasteiger partial charge in [0.05, 0.1) is 24.5 Å². The van der Waals surface area contributed by atoms with Gasteiger partial charge >= 0.3 is 0 Å². The van der Waals surface area contributed by atoms with Gasteiger partial charge in [0.25, 0.3) is 0 Å². The summed E-state index contributed by atoms with van der Waals surface area (Å²) in [6.45, 7) is 3.23. The highest BCUT2D eigenvalue weighted by atomic mass is 16.5. The number of rotatable bonds is 10. The van der Waals surface area contributed by atoms with Crippen molar-refractivity contribution in [2.45, 2.75) is 18.9 Å². The largest absolute Gasteiger partial charge is 0.497 e. The fourth-order valence-electron chi connectivity index (χ4n) is 4.61. The number of benzene rings is 2. The molecule has 7 nitrogen and oxygen atoms in total. The molecular weight excluding hydrogens is 452 g/mol. The molecule has 2 heterocycles. The van der Waals surface area contributed by atoms with Gasteiger partial charge in [-0.2, -0.15) is 0 Å². The summed E-state index contributed by atoms with van der Waals surface area (Å²) in [5, 5.41) is 3.26. The molecule has 0 saturated carbocycles. The normalized spacial score (nSPS) is 15.2. The molecule has 190 valence electrons. The minimum Gasteiger partial charge on any atom is -0.497 e. The number of aromatic nitrogens is 1. The fraction of sp³-hybridized carbons (Fsp3) is 0.379. The summed E-state index contributed by atoms with van der Waals surface area (Å²) in [5.41, 5.74) is 2.84. The van der Waals surface area contributed by atoms with Crippen LogP contribution in [0.4, 0.5) is 5.69 Å². The molecule has 0 aliphatic carbocycles. The first-order chi connectivity index (χ1) is 17.5. The van der Waals surface area contributed by atoms with Gasteiger partial charge < -0.3 is 19.7 Å². The average molecular weight is 489 g/mol. The topological polar surface area (TPSA) is 66.9 Å². The van der Waals surface area contributed by atoms with Crippen LogP contribution in [0.25, 0.3) is 0 Å². The Bertz CT molecular complexity index is 1110. The molecule has 1 aliphatic rings. The summed E-state index contributed by atoms with van der Waals surface area (Å²) >= 11 is 0. The minimum absolute atomic E-state index is 0.0199. The van der Waals surface area contributed by atoms with Gasteiger partial charge in [0.2, 0.25) is 5.91 Å². The summed E-state index contributed by atoms with van der Waals surface area (Å²) in [7, 11) is 5.68. The average Bonchev–Trinajstić information content (AvgIpc) is 2.92. The van der Waals surface area contributed by atoms with Gasteiger partial charge in [-0.05, 0) is 67.9 Å². The number of hydrogen-bond acceptors (Lipinski definition) is 6. The SMILES string of the molecule is COc1cccc(C(NC(=O)C2CCN(CCOc3ccccc3N(C)C)CC2)c2ccccn2)c1. The molecule has 4 rings (SSSR count). The van der Waals surface area contributed by atoms with Crippen molar-refractivity contribution in [1.29, 1.82) is 0 Å². The molecule has 1 atom stereocenters. The van der Waals surface area contributed by atoms with Crippen LogP contribution in [0.2, 0.25) is 0 Å². The summed E-state index contributed by atoms with van der Waals surface area (Å²) in [4.78, 5) is 22.2. The number of carbonyl (C=O) groups is 1. The third-order valence-electron chi connectivity index (χ3n) is 6.67. The molecule has 1 N–H and O–H groups in total. The molecule has 1 unspecified atom stereocenters. The highest BCUT2D eigenvalue weighted by Gasteiger charge is 2.28. The Morgan fingerprint density at radius 3 is 2.58 bits per heavy atom. The lowest BCUT2D eigenvalue weighted by Crippen LogP contribution is -2.43. The Morgan fingerprint density at radius 2 is 1.86 bits per heavy atom. The maximum Gasteiger partial charge on any atom is 0.224 e. The standard InChI is InChI=1S/C29H36N4O3/c1-32(2)26-12-4-5-13-27(26)36-20-19-33-17-14-22(15-18-33)29(34)31-28(25-11-6-7-16-30-25)23-9-8-10-24(21-23)35-3/h4-13,16,21-22,28H,14-15,17-20H2,1-3H3,(H,31,34). The van der Waals surface area contributed by atoms with Crippen LogP contribution in [0, 0.1) is 5.92 Å². The molecule has 0 spiro atoms. The lowest BCUT2D eigenvalue weighted by atomic mass is 9.94. The van der Waals surface area contributed by atoms with Crippen LogP contribution in [0.5, 0.6) is 11.5 Å². The van der Waals surface area contributed by atoms with Gasteiger partial charge in [0, 0.05) is 32.8 Å². The first-order valence-corrected chi connectivity index (χ1v) is 12.5. The zero-order valence-electron chi connectivity index (χ0n) is 21.4. The molecule has 1 aromatic heterocycles. The van der Waals surface area contributed by atoms with Gasteiger partial charge in [-0.1, -0.05) is 30.3 Å². The van der Waals surface area contributed by atoms with Crippen molar-refractivity contribution < 1.29 is 14.3 Å². The Hall–Kier alpha value is -3.58. The first-order valence-electron chi connectivity index (χ1n) is 12.5. The zero-order valence-corrected chi connectivity index (χ0v) is 21.4. The lowest BCUT2D eigenvalue weighted by Gasteiger charge is -2.32. The highest BCUT2D eigenvalue weighted by Crippen LogP contribution is 2.27. The van der Waals surface area contributed by atoms with E-state index in [1.807, 2.05) is 74.8 Å². The van der Waals surface area contributed by atoms with Gasteiger partial charge in [-0.15, -0.1) is 0 Å². The Kier molecular flexibility index (Phi) is 8.79. The molecule has 1 saturated heterocycles. The van der Waals surface area contributed by atoms with E-state index in [0.29, 0.717) is 6.61 Å². The predicted molar refractivity (Wildman–Crippen MR) is 143 cm³/mol. The van der Waals surface area contributed by atoms with Gasteiger partial charge in [0.1, 0.15) is 18.1 Å². The maximum atomic E-state index is 13.3. The van der Waals surface area contributed by atoms with Crippen LogP contribution in [-0.2, 0) is 4.79 Å². The summed E-state index contributed by atoms with van der Waals surface area (Å²) in [5.74, 6) is 1.71. The van der Waals surface area contributed by atoms with E-state index in [1.54, 1.807) is 13.3 Å². The van der Waals surface area contributed by atoms with E-state index in [2.05, 4.69) is 26.2 Å². The third kappa shape index (κ3) is 6.55. The second-order valence-electron chi connectivity index (χ2n) is 9.30.